The standard InChI is InChI=1S/C20H37NO3.C7H9NS.C2H6/c1-14-8-6-9-15(2)12-16(3)19(24)20(4,5)17(22)13-18(23)21-11-7-10-14;1-3-4-7-5-9-6(2)8-7;1-2/h14-17,22H,6-13H2,1-5H3,(H,21,23);3-5H,1-2H3;1-2H3/b;4-3-;. The summed E-state index contributed by atoms with van der Waals surface area (Å²) in [6.45, 7) is 18.6. The summed E-state index contributed by atoms with van der Waals surface area (Å²) in [5.41, 5.74) is 0.183. The fourth-order valence-electron chi connectivity index (χ4n) is 4.40. The quantitative estimate of drug-likeness (QED) is 0.419. The molecule has 2 heterocycles. The number of hydrogen-bond donors (Lipinski definition) is 2. The second-order valence-electron chi connectivity index (χ2n) is 10.4. The van der Waals surface area contributed by atoms with Crippen LogP contribution in [0.5, 0.6) is 0 Å². The van der Waals surface area contributed by atoms with Crippen molar-refractivity contribution >= 4 is 29.1 Å². The van der Waals surface area contributed by atoms with Crippen molar-refractivity contribution in [3.05, 3.63) is 22.2 Å². The zero-order chi connectivity index (χ0) is 27.0. The third-order valence-corrected chi connectivity index (χ3v) is 7.41. The van der Waals surface area contributed by atoms with Gasteiger partial charge in [0.1, 0.15) is 5.78 Å². The number of hydrogen-bond acceptors (Lipinski definition) is 5. The third kappa shape index (κ3) is 13.4. The van der Waals surface area contributed by atoms with Crippen LogP contribution in [0.25, 0.3) is 6.08 Å². The summed E-state index contributed by atoms with van der Waals surface area (Å²) in [5.74, 6) is 1.00. The monoisotopic (exact) mass is 508 g/mol. The van der Waals surface area contributed by atoms with Crippen molar-refractivity contribution in [2.45, 2.75) is 113 Å². The molecule has 0 radical (unpaired) electrons. The molecule has 2 N–H and O–H groups in total. The molecule has 6 heteroatoms. The smallest absolute Gasteiger partial charge is 0.222 e. The van der Waals surface area contributed by atoms with Crippen LogP contribution in [0.15, 0.2) is 11.5 Å². The van der Waals surface area contributed by atoms with Gasteiger partial charge in [0.2, 0.25) is 5.91 Å². The van der Waals surface area contributed by atoms with Crippen LogP contribution >= 0.6 is 11.3 Å². The number of allylic oxidation sites excluding steroid dienone is 1. The van der Waals surface area contributed by atoms with Gasteiger partial charge in [0.15, 0.2) is 0 Å². The number of aryl methyl sites for hydroxylation is 1. The Morgan fingerprint density at radius 1 is 1.09 bits per heavy atom. The van der Waals surface area contributed by atoms with Gasteiger partial charge >= 0.3 is 0 Å². The van der Waals surface area contributed by atoms with Crippen LogP contribution in [-0.2, 0) is 9.59 Å². The van der Waals surface area contributed by atoms with Gasteiger partial charge in [-0.3, -0.25) is 9.59 Å². The Hall–Kier alpha value is -1.53. The largest absolute Gasteiger partial charge is 0.392 e. The molecule has 202 valence electrons. The van der Waals surface area contributed by atoms with Crippen LogP contribution in [0, 0.1) is 30.1 Å². The number of thiazole rings is 1. The number of carbonyl (C=O) groups is 2. The molecule has 1 fully saturated rings. The van der Waals surface area contributed by atoms with Gasteiger partial charge in [0.05, 0.1) is 28.6 Å². The molecule has 4 atom stereocenters. The summed E-state index contributed by atoms with van der Waals surface area (Å²) in [6.07, 6.45) is 9.57. The molecule has 4 unspecified atom stereocenters. The van der Waals surface area contributed by atoms with Crippen molar-refractivity contribution < 1.29 is 14.7 Å². The van der Waals surface area contributed by atoms with Crippen molar-refractivity contribution in [1.82, 2.24) is 10.3 Å². The maximum Gasteiger partial charge on any atom is 0.222 e. The van der Waals surface area contributed by atoms with Crippen molar-refractivity contribution in [2.75, 3.05) is 6.54 Å². The molecule has 2 rings (SSSR count). The Labute approximate surface area is 219 Å². The molecule has 0 bridgehead atoms. The zero-order valence-corrected chi connectivity index (χ0v) is 24.6. The lowest BCUT2D eigenvalue weighted by atomic mass is 9.74. The predicted octanol–water partition coefficient (Wildman–Crippen LogP) is 7.22. The average molecular weight is 509 g/mol. The number of nitrogens with zero attached hydrogens (tertiary/aromatic N) is 1. The summed E-state index contributed by atoms with van der Waals surface area (Å²) < 4.78 is 0. The Morgan fingerprint density at radius 2 is 1.69 bits per heavy atom. The molecule has 1 aromatic rings. The van der Waals surface area contributed by atoms with Gasteiger partial charge in [-0.1, -0.05) is 73.8 Å². The molecule has 0 saturated carbocycles. The number of Topliss-reactive ketones (excluding diaryl/α,β-unsaturated/α-hetero) is 1. The highest BCUT2D eigenvalue weighted by Gasteiger charge is 2.39. The minimum Gasteiger partial charge on any atom is -0.392 e. The van der Waals surface area contributed by atoms with E-state index in [4.69, 9.17) is 0 Å². The zero-order valence-electron chi connectivity index (χ0n) is 23.8. The maximum absolute atomic E-state index is 12.8. The number of ketones is 1. The summed E-state index contributed by atoms with van der Waals surface area (Å²) in [4.78, 5) is 29.0. The van der Waals surface area contributed by atoms with E-state index in [1.807, 2.05) is 46.8 Å². The number of rotatable bonds is 1. The van der Waals surface area contributed by atoms with Crippen LogP contribution in [-0.4, -0.2) is 34.4 Å². The van der Waals surface area contributed by atoms with Gasteiger partial charge in [0.25, 0.3) is 0 Å². The molecule has 1 amide bonds. The summed E-state index contributed by atoms with van der Waals surface area (Å²) in [5, 5.41) is 16.5. The molecular weight excluding hydrogens is 456 g/mol. The van der Waals surface area contributed by atoms with Crippen LogP contribution in [0.4, 0.5) is 0 Å². The molecule has 0 spiro atoms. The van der Waals surface area contributed by atoms with Crippen molar-refractivity contribution in [3.8, 4) is 0 Å². The molecular formula is C29H52N2O3S. The van der Waals surface area contributed by atoms with E-state index in [1.165, 1.54) is 12.8 Å². The molecule has 1 saturated heterocycles. The van der Waals surface area contributed by atoms with Gasteiger partial charge in [-0.25, -0.2) is 4.98 Å². The van der Waals surface area contributed by atoms with E-state index in [0.717, 1.165) is 36.4 Å². The number of nitrogens with one attached hydrogen (secondary N) is 1. The lowest BCUT2D eigenvalue weighted by molar-refractivity contribution is -0.139. The molecule has 0 aliphatic carbocycles. The normalized spacial score (nSPS) is 26.7. The maximum atomic E-state index is 12.8. The Bertz CT molecular complexity index is 757. The fraction of sp³-hybridized carbons (Fsp3) is 0.759. The van der Waals surface area contributed by atoms with E-state index in [2.05, 4.69) is 29.5 Å². The number of aromatic nitrogens is 1. The van der Waals surface area contributed by atoms with Crippen LogP contribution in [0.2, 0.25) is 0 Å². The Kier molecular flexibility index (Phi) is 17.0. The van der Waals surface area contributed by atoms with Crippen molar-refractivity contribution in [1.29, 1.82) is 0 Å². The molecule has 1 aromatic heterocycles. The molecule has 35 heavy (non-hydrogen) atoms. The van der Waals surface area contributed by atoms with E-state index in [-0.39, 0.29) is 24.0 Å². The van der Waals surface area contributed by atoms with E-state index < -0.39 is 11.5 Å². The second-order valence-corrected chi connectivity index (χ2v) is 11.4. The third-order valence-electron chi connectivity index (χ3n) is 6.61. The number of aliphatic hydroxyl groups is 1. The lowest BCUT2D eigenvalue weighted by Crippen LogP contribution is -2.43. The van der Waals surface area contributed by atoms with E-state index >= 15 is 0 Å². The first-order valence-corrected chi connectivity index (χ1v) is 14.4. The Morgan fingerprint density at radius 3 is 2.26 bits per heavy atom. The minimum absolute atomic E-state index is 0.00341. The second kappa shape index (κ2) is 17.8. The predicted molar refractivity (Wildman–Crippen MR) is 151 cm³/mol. The van der Waals surface area contributed by atoms with Crippen LogP contribution in [0.1, 0.15) is 111 Å². The average Bonchev–Trinajstić information content (AvgIpc) is 3.22. The fourth-order valence-corrected chi connectivity index (χ4v) is 4.98. The van der Waals surface area contributed by atoms with Crippen molar-refractivity contribution in [3.63, 3.8) is 0 Å². The first kappa shape index (κ1) is 33.5. The summed E-state index contributed by atoms with van der Waals surface area (Å²) in [7, 11) is 0. The van der Waals surface area contributed by atoms with Gasteiger partial charge in [0, 0.05) is 17.8 Å². The van der Waals surface area contributed by atoms with Gasteiger partial charge in [-0.15, -0.1) is 11.3 Å². The first-order valence-electron chi connectivity index (χ1n) is 13.5. The van der Waals surface area contributed by atoms with E-state index in [0.29, 0.717) is 18.4 Å². The van der Waals surface area contributed by atoms with Gasteiger partial charge in [-0.05, 0) is 51.0 Å². The highest BCUT2D eigenvalue weighted by atomic mass is 32.1. The highest BCUT2D eigenvalue weighted by Crippen LogP contribution is 2.31. The number of aliphatic hydroxyl groups excluding tert-OH is 1. The first-order chi connectivity index (χ1) is 16.5. The van der Waals surface area contributed by atoms with E-state index in [1.54, 1.807) is 25.2 Å². The molecule has 0 aromatic carbocycles. The van der Waals surface area contributed by atoms with Gasteiger partial charge < -0.3 is 10.4 Å². The lowest BCUT2D eigenvalue weighted by Gasteiger charge is -2.32. The molecule has 1 aliphatic rings. The Balaban J connectivity index is 0.000000870. The van der Waals surface area contributed by atoms with Crippen LogP contribution < -0.4 is 5.32 Å². The highest BCUT2D eigenvalue weighted by molar-refractivity contribution is 7.09. The van der Waals surface area contributed by atoms with Crippen LogP contribution in [0.3, 0.4) is 0 Å². The molecule has 1 aliphatic heterocycles. The summed E-state index contributed by atoms with van der Waals surface area (Å²) >= 11 is 1.68. The topological polar surface area (TPSA) is 79.3 Å². The van der Waals surface area contributed by atoms with Crippen molar-refractivity contribution in [2.24, 2.45) is 23.2 Å². The minimum atomic E-state index is -0.936. The number of carbonyl (C=O) groups excluding carboxylic acids is 2. The molecule has 5 nitrogen and oxygen atoms in total. The number of amides is 1. The summed E-state index contributed by atoms with van der Waals surface area (Å²) in [6, 6.07) is 0. The SMILES string of the molecule is C/C=C\c1csc(C)n1.CC.CC1CCCNC(=O)CC(O)C(C)(C)C(=O)C(C)CC(C)CCC1. The van der Waals surface area contributed by atoms with Gasteiger partial charge in [-0.2, -0.15) is 0 Å². The van der Waals surface area contributed by atoms with E-state index in [9.17, 15) is 14.7 Å².